The maximum absolute atomic E-state index is 14.7. The molecule has 0 bridgehead atoms. The van der Waals surface area contributed by atoms with Gasteiger partial charge in [0.1, 0.15) is 12.6 Å². The number of rotatable bonds is 13. The fraction of sp³-hybridized carbons (Fsp3) is 0.297. The van der Waals surface area contributed by atoms with Gasteiger partial charge in [-0.1, -0.05) is 90.3 Å². The molecular formula is C37H41Cl2N3O4S. The normalized spacial score (nSPS) is 12.7. The van der Waals surface area contributed by atoms with E-state index in [1.165, 1.54) is 17.0 Å². The monoisotopic (exact) mass is 693 g/mol. The number of hydrogen-bond acceptors (Lipinski definition) is 4. The molecule has 0 radical (unpaired) electrons. The molecule has 4 aromatic rings. The highest BCUT2D eigenvalue weighted by atomic mass is 35.5. The van der Waals surface area contributed by atoms with Crippen molar-refractivity contribution in [2.24, 2.45) is 0 Å². The lowest BCUT2D eigenvalue weighted by Crippen LogP contribution is -2.54. The predicted octanol–water partition coefficient (Wildman–Crippen LogP) is 7.67. The Morgan fingerprint density at radius 1 is 0.851 bits per heavy atom. The number of aryl methyl sites for hydroxylation is 3. The number of benzene rings is 4. The summed E-state index contributed by atoms with van der Waals surface area (Å²) in [6, 6.07) is 25.0. The Bertz CT molecular complexity index is 1820. The van der Waals surface area contributed by atoms with Gasteiger partial charge in [0.15, 0.2) is 0 Å². The first-order chi connectivity index (χ1) is 22.3. The van der Waals surface area contributed by atoms with Crippen LogP contribution < -0.4 is 9.62 Å². The lowest BCUT2D eigenvalue weighted by molar-refractivity contribution is -0.140. The van der Waals surface area contributed by atoms with E-state index in [2.05, 4.69) is 5.32 Å². The average molecular weight is 695 g/mol. The van der Waals surface area contributed by atoms with Gasteiger partial charge in [0.2, 0.25) is 11.8 Å². The maximum Gasteiger partial charge on any atom is 0.264 e. The van der Waals surface area contributed by atoms with Crippen molar-refractivity contribution >= 4 is 50.7 Å². The molecule has 0 unspecified atom stereocenters. The Hall–Kier alpha value is -3.85. The molecule has 1 N–H and O–H groups in total. The van der Waals surface area contributed by atoms with E-state index >= 15 is 0 Å². The summed E-state index contributed by atoms with van der Waals surface area (Å²) in [6.07, 6.45) is 0.893. The number of nitrogens with one attached hydrogen (secondary N) is 1. The number of halogens is 2. The number of amides is 2. The van der Waals surface area contributed by atoms with Gasteiger partial charge in [-0.15, -0.1) is 0 Å². The number of sulfonamides is 1. The van der Waals surface area contributed by atoms with Crippen molar-refractivity contribution in [1.29, 1.82) is 0 Å². The van der Waals surface area contributed by atoms with Crippen molar-refractivity contribution in [3.05, 3.63) is 129 Å². The van der Waals surface area contributed by atoms with Gasteiger partial charge in [0.05, 0.1) is 10.6 Å². The highest BCUT2D eigenvalue weighted by molar-refractivity contribution is 7.92. The fourth-order valence-corrected chi connectivity index (χ4v) is 6.95. The average Bonchev–Trinajstić information content (AvgIpc) is 3.04. The van der Waals surface area contributed by atoms with Crippen LogP contribution in [0.1, 0.15) is 48.1 Å². The van der Waals surface area contributed by atoms with E-state index < -0.39 is 28.5 Å². The van der Waals surface area contributed by atoms with Crippen molar-refractivity contribution in [3.8, 4) is 0 Å². The van der Waals surface area contributed by atoms with Crippen LogP contribution in [0.25, 0.3) is 0 Å². The molecule has 0 heterocycles. The van der Waals surface area contributed by atoms with Gasteiger partial charge >= 0.3 is 0 Å². The number of anilines is 1. The van der Waals surface area contributed by atoms with E-state index in [1.54, 1.807) is 42.5 Å². The molecule has 7 nitrogen and oxygen atoms in total. The Balaban J connectivity index is 1.85. The minimum atomic E-state index is -4.20. The Kier molecular flexibility index (Phi) is 12.1. The molecule has 0 aromatic heterocycles. The van der Waals surface area contributed by atoms with Crippen molar-refractivity contribution < 1.29 is 18.0 Å². The van der Waals surface area contributed by atoms with Gasteiger partial charge in [0.25, 0.3) is 10.0 Å². The van der Waals surface area contributed by atoms with Crippen LogP contribution in [0.3, 0.4) is 0 Å². The third kappa shape index (κ3) is 9.15. The molecule has 0 saturated heterocycles. The number of carbonyl (C=O) groups is 2. The summed E-state index contributed by atoms with van der Waals surface area (Å²) in [5, 5.41) is 3.79. The van der Waals surface area contributed by atoms with E-state index in [0.717, 1.165) is 26.6 Å². The van der Waals surface area contributed by atoms with Crippen LogP contribution in [0.5, 0.6) is 0 Å². The lowest BCUT2D eigenvalue weighted by atomic mass is 10.0. The molecule has 0 aliphatic carbocycles. The van der Waals surface area contributed by atoms with Gasteiger partial charge < -0.3 is 10.2 Å². The zero-order valence-corrected chi connectivity index (χ0v) is 29.7. The molecule has 4 aromatic carbocycles. The SMILES string of the molecule is CC[C@@H](C)NC(=O)[C@@H](Cc1ccccc1)N(Cc1ccc(Cl)cc1Cl)C(=O)CN(c1ccc(C)c(C)c1)S(=O)(=O)c1ccc(C)cc1. The van der Waals surface area contributed by atoms with E-state index in [1.807, 2.05) is 71.0 Å². The molecule has 248 valence electrons. The van der Waals surface area contributed by atoms with E-state index in [0.29, 0.717) is 27.7 Å². The zero-order chi connectivity index (χ0) is 34.3. The third-order valence-electron chi connectivity index (χ3n) is 8.29. The molecular weight excluding hydrogens is 653 g/mol. The Morgan fingerprint density at radius 3 is 2.15 bits per heavy atom. The van der Waals surface area contributed by atoms with Gasteiger partial charge in [-0.05, 0) is 92.8 Å². The lowest BCUT2D eigenvalue weighted by Gasteiger charge is -2.34. The first-order valence-corrected chi connectivity index (χ1v) is 17.7. The first kappa shape index (κ1) is 36.0. The summed E-state index contributed by atoms with van der Waals surface area (Å²) in [4.78, 5) is 30.1. The van der Waals surface area contributed by atoms with Gasteiger partial charge in [-0.3, -0.25) is 13.9 Å². The molecule has 0 fully saturated rings. The Labute approximate surface area is 288 Å². The summed E-state index contributed by atoms with van der Waals surface area (Å²) >= 11 is 12.8. The summed E-state index contributed by atoms with van der Waals surface area (Å²) in [7, 11) is -4.20. The van der Waals surface area contributed by atoms with Crippen LogP contribution in [0, 0.1) is 20.8 Å². The molecule has 47 heavy (non-hydrogen) atoms. The highest BCUT2D eigenvalue weighted by Gasteiger charge is 2.35. The van der Waals surface area contributed by atoms with Crippen molar-refractivity contribution in [2.45, 2.75) is 71.0 Å². The topological polar surface area (TPSA) is 86.8 Å². The molecule has 4 rings (SSSR count). The number of nitrogens with zero attached hydrogens (tertiary/aromatic N) is 2. The predicted molar refractivity (Wildman–Crippen MR) is 190 cm³/mol. The second kappa shape index (κ2) is 15.8. The standard InChI is InChI=1S/C37H41Cl2N3O4S/c1-6-28(5)40-37(44)35(21-29-10-8-7-9-11-29)41(23-30-15-16-31(38)22-34(30)39)36(43)24-42(32-17-14-26(3)27(4)20-32)47(45,46)33-18-12-25(2)13-19-33/h7-20,22,28,35H,6,21,23-24H2,1-5H3,(H,40,44)/t28-,35-/m1/s1. The minimum absolute atomic E-state index is 0.0500. The van der Waals surface area contributed by atoms with Gasteiger partial charge in [0, 0.05) is 29.1 Å². The van der Waals surface area contributed by atoms with E-state index in [9.17, 15) is 18.0 Å². The number of hydrogen-bond donors (Lipinski definition) is 1. The van der Waals surface area contributed by atoms with Crippen LogP contribution in [0.2, 0.25) is 10.0 Å². The quantitative estimate of drug-likeness (QED) is 0.156. The summed E-state index contributed by atoms with van der Waals surface area (Å²) < 4.78 is 29.7. The van der Waals surface area contributed by atoms with Crippen molar-refractivity contribution in [1.82, 2.24) is 10.2 Å². The molecule has 0 aliphatic rings. The summed E-state index contributed by atoms with van der Waals surface area (Å²) in [5.74, 6) is -0.911. The van der Waals surface area contributed by atoms with Crippen LogP contribution >= 0.6 is 23.2 Å². The Morgan fingerprint density at radius 2 is 1.53 bits per heavy atom. The van der Waals surface area contributed by atoms with Crippen molar-refractivity contribution in [3.63, 3.8) is 0 Å². The van der Waals surface area contributed by atoms with Gasteiger partial charge in [-0.25, -0.2) is 8.42 Å². The molecule has 2 amide bonds. The molecule has 0 saturated carbocycles. The highest BCUT2D eigenvalue weighted by Crippen LogP contribution is 2.28. The second-order valence-electron chi connectivity index (χ2n) is 11.9. The zero-order valence-electron chi connectivity index (χ0n) is 27.3. The summed E-state index contributed by atoms with van der Waals surface area (Å²) in [6.45, 7) is 8.96. The van der Waals surface area contributed by atoms with Gasteiger partial charge in [-0.2, -0.15) is 0 Å². The molecule has 2 atom stereocenters. The summed E-state index contributed by atoms with van der Waals surface area (Å²) in [5.41, 5.74) is 4.51. The van der Waals surface area contributed by atoms with E-state index in [4.69, 9.17) is 23.2 Å². The molecule has 0 aliphatic heterocycles. The van der Waals surface area contributed by atoms with Crippen LogP contribution in [-0.2, 0) is 32.6 Å². The molecule has 0 spiro atoms. The largest absolute Gasteiger partial charge is 0.352 e. The first-order valence-electron chi connectivity index (χ1n) is 15.5. The van der Waals surface area contributed by atoms with Crippen LogP contribution in [0.15, 0.2) is 95.9 Å². The second-order valence-corrected chi connectivity index (χ2v) is 14.6. The smallest absolute Gasteiger partial charge is 0.264 e. The van der Waals surface area contributed by atoms with Crippen molar-refractivity contribution in [2.75, 3.05) is 10.8 Å². The third-order valence-corrected chi connectivity index (χ3v) is 10.7. The number of carbonyl (C=O) groups excluding carboxylic acids is 2. The minimum Gasteiger partial charge on any atom is -0.352 e. The fourth-order valence-electron chi connectivity index (χ4n) is 5.08. The van der Waals surface area contributed by atoms with Crippen LogP contribution in [0.4, 0.5) is 5.69 Å². The van der Waals surface area contributed by atoms with E-state index in [-0.39, 0.29) is 29.8 Å². The molecule has 10 heteroatoms. The van der Waals surface area contributed by atoms with Crippen LogP contribution in [-0.4, -0.2) is 43.8 Å². The maximum atomic E-state index is 14.7.